The molecule has 3 rings (SSSR count). The Labute approximate surface area is 146 Å². The number of carbonyl (C=O) groups excluding carboxylic acids is 3. The third-order valence-electron chi connectivity index (χ3n) is 5.18. The van der Waals surface area contributed by atoms with Crippen LogP contribution in [0, 0.1) is 12.7 Å². The zero-order valence-corrected chi connectivity index (χ0v) is 14.5. The molecule has 25 heavy (non-hydrogen) atoms. The number of rotatable bonds is 3. The first-order valence-electron chi connectivity index (χ1n) is 8.51. The van der Waals surface area contributed by atoms with Crippen LogP contribution in [-0.4, -0.2) is 46.8 Å². The second-order valence-corrected chi connectivity index (χ2v) is 6.86. The van der Waals surface area contributed by atoms with Crippen LogP contribution in [0.3, 0.4) is 0 Å². The van der Waals surface area contributed by atoms with Crippen LogP contribution in [0.5, 0.6) is 0 Å². The van der Waals surface area contributed by atoms with Crippen LogP contribution in [0.15, 0.2) is 18.2 Å². The van der Waals surface area contributed by atoms with Crippen molar-refractivity contribution < 1.29 is 18.8 Å². The van der Waals surface area contributed by atoms with Crippen LogP contribution < -0.4 is 5.32 Å². The molecule has 134 valence electrons. The summed E-state index contributed by atoms with van der Waals surface area (Å²) in [5.41, 5.74) is -0.0400. The highest BCUT2D eigenvalue weighted by Crippen LogP contribution is 2.39. The maximum atomic E-state index is 13.9. The summed E-state index contributed by atoms with van der Waals surface area (Å²) in [5.74, 6) is -1.46. The summed E-state index contributed by atoms with van der Waals surface area (Å²) < 4.78 is 13.9. The van der Waals surface area contributed by atoms with E-state index >= 15 is 0 Å². The van der Waals surface area contributed by atoms with E-state index in [1.165, 1.54) is 17.0 Å². The van der Waals surface area contributed by atoms with Gasteiger partial charge in [-0.25, -0.2) is 9.18 Å². The van der Waals surface area contributed by atoms with Crippen molar-refractivity contribution in [1.29, 1.82) is 0 Å². The molecule has 1 aromatic carbocycles. The number of hydrogen-bond acceptors (Lipinski definition) is 3. The van der Waals surface area contributed by atoms with Crippen molar-refractivity contribution in [1.82, 2.24) is 9.80 Å². The predicted molar refractivity (Wildman–Crippen MR) is 90.5 cm³/mol. The lowest BCUT2D eigenvalue weighted by atomic mass is 9.81. The number of urea groups is 1. The molecule has 2 aliphatic rings. The molecule has 0 unspecified atom stereocenters. The molecule has 7 heteroatoms. The van der Waals surface area contributed by atoms with E-state index < -0.39 is 29.8 Å². The van der Waals surface area contributed by atoms with E-state index in [2.05, 4.69) is 5.32 Å². The third-order valence-corrected chi connectivity index (χ3v) is 5.18. The molecule has 1 saturated heterocycles. The summed E-state index contributed by atoms with van der Waals surface area (Å²) in [5, 5.41) is 2.43. The minimum absolute atomic E-state index is 0.0374. The van der Waals surface area contributed by atoms with Crippen LogP contribution >= 0.6 is 0 Å². The quantitative estimate of drug-likeness (QED) is 0.855. The van der Waals surface area contributed by atoms with Gasteiger partial charge in [-0.1, -0.05) is 25.3 Å². The Hall–Kier alpha value is -2.44. The number of amides is 4. The van der Waals surface area contributed by atoms with Gasteiger partial charge in [0.25, 0.3) is 5.91 Å². The molecule has 2 fully saturated rings. The number of aryl methyl sites for hydroxylation is 1. The van der Waals surface area contributed by atoms with Gasteiger partial charge < -0.3 is 10.2 Å². The Kier molecular flexibility index (Phi) is 4.49. The fraction of sp³-hybridized carbons (Fsp3) is 0.500. The van der Waals surface area contributed by atoms with Crippen molar-refractivity contribution in [3.8, 4) is 0 Å². The number of nitrogens with one attached hydrogen (secondary N) is 1. The zero-order chi connectivity index (χ0) is 18.2. The number of hydrogen-bond donors (Lipinski definition) is 1. The summed E-state index contributed by atoms with van der Waals surface area (Å²) in [6.07, 6.45) is 4.07. The molecule has 1 spiro atoms. The summed E-state index contributed by atoms with van der Waals surface area (Å²) >= 11 is 0. The standard InChI is InChI=1S/C18H22FN3O3/c1-12-6-7-14(13(19)10-12)20-15(23)11-22-16(24)18(21(2)17(22)25)8-4-3-5-9-18/h6-7,10H,3-5,8-9,11H2,1-2H3,(H,20,23). The number of halogens is 1. The highest BCUT2D eigenvalue weighted by atomic mass is 19.1. The van der Waals surface area contributed by atoms with Crippen molar-refractivity contribution in [2.75, 3.05) is 18.9 Å². The molecule has 1 aliphatic heterocycles. The molecule has 0 atom stereocenters. The number of nitrogens with zero attached hydrogens (tertiary/aromatic N) is 2. The van der Waals surface area contributed by atoms with Gasteiger partial charge in [0.15, 0.2) is 0 Å². The van der Waals surface area contributed by atoms with Crippen molar-refractivity contribution >= 4 is 23.5 Å². The molecular formula is C18H22FN3O3. The number of anilines is 1. The molecule has 4 amide bonds. The summed E-state index contributed by atoms with van der Waals surface area (Å²) in [6.45, 7) is 1.34. The normalized spacial score (nSPS) is 19.6. The largest absolute Gasteiger partial charge is 0.327 e. The first-order chi connectivity index (χ1) is 11.8. The second-order valence-electron chi connectivity index (χ2n) is 6.86. The molecule has 1 aromatic rings. The summed E-state index contributed by atoms with van der Waals surface area (Å²) in [6, 6.07) is 3.99. The lowest BCUT2D eigenvalue weighted by Gasteiger charge is -2.35. The zero-order valence-electron chi connectivity index (χ0n) is 14.5. The highest BCUT2D eigenvalue weighted by Gasteiger charge is 2.55. The predicted octanol–water partition coefficient (Wildman–Crippen LogP) is 2.67. The van der Waals surface area contributed by atoms with Crippen molar-refractivity contribution in [3.05, 3.63) is 29.6 Å². The van der Waals surface area contributed by atoms with Gasteiger partial charge >= 0.3 is 6.03 Å². The molecule has 0 aromatic heterocycles. The minimum Gasteiger partial charge on any atom is -0.322 e. The van der Waals surface area contributed by atoms with Gasteiger partial charge in [-0.15, -0.1) is 0 Å². The lowest BCUT2D eigenvalue weighted by Crippen LogP contribution is -2.49. The van der Waals surface area contributed by atoms with Crippen molar-refractivity contribution in [2.24, 2.45) is 0 Å². The van der Waals surface area contributed by atoms with Crippen LogP contribution in [0.4, 0.5) is 14.9 Å². The molecule has 0 bridgehead atoms. The molecular weight excluding hydrogens is 325 g/mol. The van der Waals surface area contributed by atoms with Crippen LogP contribution in [0.25, 0.3) is 0 Å². The molecule has 6 nitrogen and oxygen atoms in total. The van der Waals surface area contributed by atoms with E-state index in [0.29, 0.717) is 12.8 Å². The van der Waals surface area contributed by atoms with Crippen molar-refractivity contribution in [3.63, 3.8) is 0 Å². The average Bonchev–Trinajstić information content (AvgIpc) is 2.75. The van der Waals surface area contributed by atoms with Gasteiger partial charge in [0, 0.05) is 7.05 Å². The van der Waals surface area contributed by atoms with E-state index in [-0.39, 0.29) is 11.6 Å². The Morgan fingerprint density at radius 2 is 1.92 bits per heavy atom. The Morgan fingerprint density at radius 3 is 2.56 bits per heavy atom. The number of likely N-dealkylation sites (N-methyl/N-ethyl adjacent to an activating group) is 1. The van der Waals surface area contributed by atoms with Gasteiger partial charge in [0.05, 0.1) is 5.69 Å². The highest BCUT2D eigenvalue weighted by molar-refractivity contribution is 6.10. The van der Waals surface area contributed by atoms with Gasteiger partial charge in [0.2, 0.25) is 5.91 Å². The average molecular weight is 347 g/mol. The van der Waals surface area contributed by atoms with E-state index in [9.17, 15) is 18.8 Å². The number of carbonyl (C=O) groups is 3. The molecule has 1 aliphatic carbocycles. The number of benzene rings is 1. The topological polar surface area (TPSA) is 69.7 Å². The lowest BCUT2D eigenvalue weighted by molar-refractivity contribution is -0.136. The Bertz CT molecular complexity index is 728. The Balaban J connectivity index is 1.72. The fourth-order valence-electron chi connectivity index (χ4n) is 3.73. The number of imide groups is 1. The summed E-state index contributed by atoms with van der Waals surface area (Å²) in [4.78, 5) is 40.0. The molecule has 1 saturated carbocycles. The molecule has 0 radical (unpaired) electrons. The second kappa shape index (κ2) is 6.46. The minimum atomic E-state index is -0.815. The van der Waals surface area contributed by atoms with Gasteiger partial charge in [-0.2, -0.15) is 0 Å². The molecule has 1 N–H and O–H groups in total. The maximum absolute atomic E-state index is 13.9. The van der Waals surface area contributed by atoms with Crippen LogP contribution in [-0.2, 0) is 9.59 Å². The molecule has 1 heterocycles. The Morgan fingerprint density at radius 1 is 1.24 bits per heavy atom. The third kappa shape index (κ3) is 2.99. The first kappa shape index (κ1) is 17.4. The van der Waals surface area contributed by atoms with Gasteiger partial charge in [0.1, 0.15) is 17.9 Å². The van der Waals surface area contributed by atoms with Crippen LogP contribution in [0.1, 0.15) is 37.7 Å². The van der Waals surface area contributed by atoms with Crippen LogP contribution in [0.2, 0.25) is 0 Å². The van der Waals surface area contributed by atoms with E-state index in [1.807, 2.05) is 0 Å². The monoisotopic (exact) mass is 347 g/mol. The first-order valence-corrected chi connectivity index (χ1v) is 8.51. The maximum Gasteiger partial charge on any atom is 0.327 e. The van der Waals surface area contributed by atoms with Crippen molar-refractivity contribution in [2.45, 2.75) is 44.6 Å². The van der Waals surface area contributed by atoms with E-state index in [1.54, 1.807) is 20.0 Å². The summed E-state index contributed by atoms with van der Waals surface area (Å²) in [7, 11) is 1.61. The van der Waals surface area contributed by atoms with Gasteiger partial charge in [-0.05, 0) is 37.5 Å². The SMILES string of the molecule is Cc1ccc(NC(=O)CN2C(=O)N(C)C3(CCCCC3)C2=O)c(F)c1. The van der Waals surface area contributed by atoms with Gasteiger partial charge in [-0.3, -0.25) is 14.5 Å². The van der Waals surface area contributed by atoms with E-state index in [4.69, 9.17) is 0 Å². The smallest absolute Gasteiger partial charge is 0.322 e. The van der Waals surface area contributed by atoms with E-state index in [0.717, 1.165) is 29.7 Å². The fourth-order valence-corrected chi connectivity index (χ4v) is 3.73.